The molecule has 1 N–H and O–H groups in total. The number of hydrogen-bond donors (Lipinski definition) is 1. The van der Waals surface area contributed by atoms with Crippen molar-refractivity contribution in [1.82, 2.24) is 15.2 Å². The average molecular weight is 397 g/mol. The van der Waals surface area contributed by atoms with E-state index in [0.717, 1.165) is 12.0 Å². The third-order valence-electron chi connectivity index (χ3n) is 5.19. The smallest absolute Gasteiger partial charge is 0.254 e. The number of ether oxygens (including phenoxy) is 2. The zero-order valence-electron chi connectivity index (χ0n) is 16.9. The topological polar surface area (TPSA) is 80.8 Å². The molecule has 2 amide bonds. The fourth-order valence-corrected chi connectivity index (χ4v) is 3.48. The van der Waals surface area contributed by atoms with Crippen molar-refractivity contribution in [3.63, 3.8) is 0 Å². The summed E-state index contributed by atoms with van der Waals surface area (Å²) in [4.78, 5) is 31.2. The molecule has 29 heavy (non-hydrogen) atoms. The van der Waals surface area contributed by atoms with Crippen LogP contribution in [0.1, 0.15) is 28.8 Å². The van der Waals surface area contributed by atoms with E-state index in [2.05, 4.69) is 10.3 Å². The lowest BCUT2D eigenvalue weighted by atomic mass is 9.95. The number of pyridine rings is 1. The van der Waals surface area contributed by atoms with E-state index in [1.54, 1.807) is 43.5 Å². The normalized spacial score (nSPS) is 14.3. The van der Waals surface area contributed by atoms with Crippen molar-refractivity contribution in [3.8, 4) is 11.5 Å². The SMILES string of the molecule is COc1cc(OC)cc(C(=O)N2CCC(C(=O)NCCc3cccnc3)CC2)c1. The molecule has 1 aliphatic rings. The standard InChI is InChI=1S/C22H27N3O4/c1-28-19-12-18(13-20(14-19)29-2)22(27)25-10-6-17(7-11-25)21(26)24-9-5-16-4-3-8-23-15-16/h3-4,8,12-15,17H,5-7,9-11H2,1-2H3,(H,24,26). The highest BCUT2D eigenvalue weighted by Crippen LogP contribution is 2.25. The number of amides is 2. The van der Waals surface area contributed by atoms with Gasteiger partial charge in [-0.25, -0.2) is 0 Å². The lowest BCUT2D eigenvalue weighted by Gasteiger charge is -2.31. The maximum Gasteiger partial charge on any atom is 0.254 e. The maximum absolute atomic E-state index is 12.8. The second kappa shape index (κ2) is 9.91. The number of nitrogens with zero attached hydrogens (tertiary/aromatic N) is 2. The van der Waals surface area contributed by atoms with E-state index < -0.39 is 0 Å². The van der Waals surface area contributed by atoms with Crippen LogP contribution in [0.15, 0.2) is 42.7 Å². The monoisotopic (exact) mass is 397 g/mol. The third-order valence-corrected chi connectivity index (χ3v) is 5.19. The molecule has 2 aromatic rings. The van der Waals surface area contributed by atoms with Crippen molar-refractivity contribution >= 4 is 11.8 Å². The molecule has 3 rings (SSSR count). The summed E-state index contributed by atoms with van der Waals surface area (Å²) in [5.41, 5.74) is 1.63. The maximum atomic E-state index is 12.8. The quantitative estimate of drug-likeness (QED) is 0.775. The van der Waals surface area contributed by atoms with E-state index in [9.17, 15) is 9.59 Å². The summed E-state index contributed by atoms with van der Waals surface area (Å²) in [6.07, 6.45) is 5.62. The highest BCUT2D eigenvalue weighted by molar-refractivity contribution is 5.95. The minimum absolute atomic E-state index is 0.0593. The number of carbonyl (C=O) groups excluding carboxylic acids is 2. The van der Waals surface area contributed by atoms with Crippen molar-refractivity contribution in [1.29, 1.82) is 0 Å². The van der Waals surface area contributed by atoms with E-state index in [1.165, 1.54) is 0 Å². The molecule has 2 heterocycles. The van der Waals surface area contributed by atoms with E-state index in [1.807, 2.05) is 18.3 Å². The number of methoxy groups -OCH3 is 2. The van der Waals surface area contributed by atoms with Crippen LogP contribution < -0.4 is 14.8 Å². The molecule has 1 aromatic heterocycles. The van der Waals surface area contributed by atoms with Gasteiger partial charge in [0.05, 0.1) is 14.2 Å². The van der Waals surface area contributed by atoms with Crippen LogP contribution in [0.2, 0.25) is 0 Å². The van der Waals surface area contributed by atoms with Gasteiger partial charge >= 0.3 is 0 Å². The molecule has 0 bridgehead atoms. The Balaban J connectivity index is 1.49. The molecule has 7 nitrogen and oxygen atoms in total. The number of likely N-dealkylation sites (tertiary alicyclic amines) is 1. The molecule has 1 aliphatic heterocycles. The first-order chi connectivity index (χ1) is 14.1. The van der Waals surface area contributed by atoms with Crippen molar-refractivity contribution in [2.24, 2.45) is 5.92 Å². The second-order valence-corrected chi connectivity index (χ2v) is 7.07. The number of hydrogen-bond acceptors (Lipinski definition) is 5. The molecule has 1 saturated heterocycles. The first-order valence-electron chi connectivity index (χ1n) is 9.79. The minimum Gasteiger partial charge on any atom is -0.497 e. The van der Waals surface area contributed by atoms with Crippen LogP contribution in [0.4, 0.5) is 0 Å². The van der Waals surface area contributed by atoms with Gasteiger partial charge in [-0.2, -0.15) is 0 Å². The Bertz CT molecular complexity index is 811. The largest absolute Gasteiger partial charge is 0.497 e. The molecule has 0 spiro atoms. The Labute approximate surface area is 171 Å². The lowest BCUT2D eigenvalue weighted by Crippen LogP contribution is -2.43. The van der Waals surface area contributed by atoms with Crippen molar-refractivity contribution in [2.45, 2.75) is 19.3 Å². The summed E-state index contributed by atoms with van der Waals surface area (Å²) in [7, 11) is 3.11. The second-order valence-electron chi connectivity index (χ2n) is 7.07. The molecule has 0 aliphatic carbocycles. The summed E-state index contributed by atoms with van der Waals surface area (Å²) in [5.74, 6) is 1.08. The van der Waals surface area contributed by atoms with Gasteiger partial charge in [-0.05, 0) is 43.0 Å². The van der Waals surface area contributed by atoms with Crippen molar-refractivity contribution < 1.29 is 19.1 Å². The molecular weight excluding hydrogens is 370 g/mol. The first-order valence-corrected chi connectivity index (χ1v) is 9.79. The van der Waals surface area contributed by atoms with Gasteiger partial charge in [0, 0.05) is 49.6 Å². The predicted molar refractivity (Wildman–Crippen MR) is 109 cm³/mol. The van der Waals surface area contributed by atoms with E-state index in [-0.39, 0.29) is 17.7 Å². The minimum atomic E-state index is -0.0716. The Morgan fingerprint density at radius 3 is 2.41 bits per heavy atom. The van der Waals surface area contributed by atoms with Crippen LogP contribution in [-0.2, 0) is 11.2 Å². The summed E-state index contributed by atoms with van der Waals surface area (Å²) in [6.45, 7) is 1.70. The Hall–Kier alpha value is -3.09. The zero-order valence-corrected chi connectivity index (χ0v) is 16.9. The summed E-state index contributed by atoms with van der Waals surface area (Å²) in [6, 6.07) is 9.04. The van der Waals surface area contributed by atoms with Crippen LogP contribution in [0.3, 0.4) is 0 Å². The van der Waals surface area contributed by atoms with Gasteiger partial charge < -0.3 is 19.7 Å². The number of piperidine rings is 1. The zero-order chi connectivity index (χ0) is 20.6. The van der Waals surface area contributed by atoms with Crippen molar-refractivity contribution in [3.05, 3.63) is 53.9 Å². The highest BCUT2D eigenvalue weighted by atomic mass is 16.5. The predicted octanol–water partition coefficient (Wildman–Crippen LogP) is 2.31. The van der Waals surface area contributed by atoms with Gasteiger partial charge in [-0.15, -0.1) is 0 Å². The Morgan fingerprint density at radius 1 is 1.14 bits per heavy atom. The van der Waals surface area contributed by atoms with Crippen LogP contribution in [0.25, 0.3) is 0 Å². The number of rotatable bonds is 7. The van der Waals surface area contributed by atoms with E-state index >= 15 is 0 Å². The van der Waals surface area contributed by atoms with Crippen LogP contribution in [0, 0.1) is 5.92 Å². The Kier molecular flexibility index (Phi) is 7.05. The summed E-state index contributed by atoms with van der Waals surface area (Å²) >= 11 is 0. The molecular formula is C22H27N3O4. The molecule has 1 aromatic carbocycles. The summed E-state index contributed by atoms with van der Waals surface area (Å²) < 4.78 is 10.5. The van der Waals surface area contributed by atoms with Gasteiger partial charge in [0.15, 0.2) is 0 Å². The van der Waals surface area contributed by atoms with Gasteiger partial charge in [-0.3, -0.25) is 14.6 Å². The van der Waals surface area contributed by atoms with Gasteiger partial charge in [0.25, 0.3) is 5.91 Å². The van der Waals surface area contributed by atoms with Gasteiger partial charge in [0.2, 0.25) is 5.91 Å². The Morgan fingerprint density at radius 2 is 1.83 bits per heavy atom. The van der Waals surface area contributed by atoms with E-state index in [4.69, 9.17) is 9.47 Å². The number of benzene rings is 1. The average Bonchev–Trinajstić information content (AvgIpc) is 2.78. The molecule has 0 unspecified atom stereocenters. The molecule has 0 saturated carbocycles. The van der Waals surface area contributed by atoms with Crippen LogP contribution in [-0.4, -0.2) is 55.6 Å². The molecule has 154 valence electrons. The molecule has 0 radical (unpaired) electrons. The lowest BCUT2D eigenvalue weighted by molar-refractivity contribution is -0.126. The molecule has 1 fully saturated rings. The number of nitrogens with one attached hydrogen (secondary N) is 1. The number of aromatic nitrogens is 1. The highest BCUT2D eigenvalue weighted by Gasteiger charge is 2.28. The van der Waals surface area contributed by atoms with Crippen molar-refractivity contribution in [2.75, 3.05) is 33.9 Å². The fourth-order valence-electron chi connectivity index (χ4n) is 3.48. The third kappa shape index (κ3) is 5.47. The fraction of sp³-hybridized carbons (Fsp3) is 0.409. The molecule has 7 heteroatoms. The molecule has 0 atom stereocenters. The van der Waals surface area contributed by atoms with Gasteiger partial charge in [0.1, 0.15) is 11.5 Å². The van der Waals surface area contributed by atoms with E-state index in [0.29, 0.717) is 49.5 Å². The number of carbonyl (C=O) groups is 2. The van der Waals surface area contributed by atoms with Crippen LogP contribution >= 0.6 is 0 Å². The van der Waals surface area contributed by atoms with Crippen LogP contribution in [0.5, 0.6) is 11.5 Å². The summed E-state index contributed by atoms with van der Waals surface area (Å²) in [5, 5.41) is 3.00. The van der Waals surface area contributed by atoms with Gasteiger partial charge in [-0.1, -0.05) is 6.07 Å². The first kappa shape index (κ1) is 20.6.